The van der Waals surface area contributed by atoms with Crippen molar-refractivity contribution < 1.29 is 4.42 Å². The number of nitrogens with zero attached hydrogens (tertiary/aromatic N) is 3. The van der Waals surface area contributed by atoms with E-state index in [0.29, 0.717) is 12.6 Å². The predicted molar refractivity (Wildman–Crippen MR) is 109 cm³/mol. The molecule has 0 amide bonds. The van der Waals surface area contributed by atoms with E-state index in [2.05, 4.69) is 35.3 Å². The lowest BCUT2D eigenvalue weighted by Gasteiger charge is -2.36. The zero-order valence-corrected chi connectivity index (χ0v) is 15.8. The van der Waals surface area contributed by atoms with Crippen LogP contribution in [-0.4, -0.2) is 22.6 Å². The highest BCUT2D eigenvalue weighted by molar-refractivity contribution is 5.62. The Labute approximate surface area is 160 Å². The van der Waals surface area contributed by atoms with Gasteiger partial charge in [-0.25, -0.2) is 9.97 Å². The summed E-state index contributed by atoms with van der Waals surface area (Å²) in [5.74, 6) is 3.49. The maximum Gasteiger partial charge on any atom is 0.163 e. The zero-order chi connectivity index (χ0) is 18.5. The van der Waals surface area contributed by atoms with Crippen molar-refractivity contribution in [3.05, 3.63) is 60.6 Å². The summed E-state index contributed by atoms with van der Waals surface area (Å²) in [6.07, 6.45) is 6.58. The van der Waals surface area contributed by atoms with E-state index in [4.69, 9.17) is 14.4 Å². The number of hydrogen-bond acceptors (Lipinski definition) is 5. The molecule has 1 aliphatic rings. The maximum absolute atomic E-state index is 5.43. The number of nitrogens with one attached hydrogen (secondary N) is 1. The first kappa shape index (κ1) is 17.6. The molecule has 1 aromatic carbocycles. The molecule has 3 aromatic rings. The minimum Gasteiger partial charge on any atom is -0.467 e. The van der Waals surface area contributed by atoms with Crippen LogP contribution in [0.5, 0.6) is 0 Å². The summed E-state index contributed by atoms with van der Waals surface area (Å²) in [7, 11) is 0. The highest BCUT2D eigenvalue weighted by Gasteiger charge is 2.23. The van der Waals surface area contributed by atoms with Gasteiger partial charge >= 0.3 is 0 Å². The smallest absolute Gasteiger partial charge is 0.163 e. The number of aromatic nitrogens is 2. The van der Waals surface area contributed by atoms with Crippen LogP contribution in [0, 0.1) is 0 Å². The van der Waals surface area contributed by atoms with Gasteiger partial charge in [-0.3, -0.25) is 0 Å². The molecule has 140 valence electrons. The van der Waals surface area contributed by atoms with Crippen LogP contribution in [0.3, 0.4) is 0 Å². The van der Waals surface area contributed by atoms with Crippen molar-refractivity contribution in [1.82, 2.24) is 9.97 Å². The summed E-state index contributed by atoms with van der Waals surface area (Å²) in [5.41, 5.74) is 1.03. The van der Waals surface area contributed by atoms with E-state index in [1.165, 1.54) is 19.3 Å². The molecule has 1 N–H and O–H groups in total. The SMILES string of the molecule is CCC1CCCCN1c1cc(NCc2ccco2)nc(-c2ccccc2)n1. The molecule has 4 rings (SSSR count). The second-order valence-electron chi connectivity index (χ2n) is 6.99. The number of anilines is 2. The van der Waals surface area contributed by atoms with Gasteiger partial charge in [-0.2, -0.15) is 0 Å². The molecule has 27 heavy (non-hydrogen) atoms. The van der Waals surface area contributed by atoms with Gasteiger partial charge in [0.1, 0.15) is 17.4 Å². The molecule has 0 spiro atoms. The van der Waals surface area contributed by atoms with E-state index in [-0.39, 0.29) is 0 Å². The molecule has 2 aromatic heterocycles. The third kappa shape index (κ3) is 4.13. The first-order valence-electron chi connectivity index (χ1n) is 9.81. The second-order valence-corrected chi connectivity index (χ2v) is 6.99. The fourth-order valence-corrected chi connectivity index (χ4v) is 3.71. The average Bonchev–Trinajstić information content (AvgIpc) is 3.26. The largest absolute Gasteiger partial charge is 0.467 e. The topological polar surface area (TPSA) is 54.2 Å². The Morgan fingerprint density at radius 1 is 1.11 bits per heavy atom. The van der Waals surface area contributed by atoms with Crippen LogP contribution in [0.2, 0.25) is 0 Å². The Kier molecular flexibility index (Phi) is 5.37. The number of benzene rings is 1. The molecular formula is C22H26N4O. The van der Waals surface area contributed by atoms with E-state index >= 15 is 0 Å². The van der Waals surface area contributed by atoms with Gasteiger partial charge in [0.15, 0.2) is 5.82 Å². The van der Waals surface area contributed by atoms with E-state index < -0.39 is 0 Å². The molecule has 1 fully saturated rings. The fraction of sp³-hybridized carbons (Fsp3) is 0.364. The summed E-state index contributed by atoms with van der Waals surface area (Å²) in [5, 5.41) is 3.40. The van der Waals surface area contributed by atoms with Crippen molar-refractivity contribution in [3.8, 4) is 11.4 Å². The van der Waals surface area contributed by atoms with Crippen molar-refractivity contribution >= 4 is 11.6 Å². The predicted octanol–water partition coefficient (Wildman–Crippen LogP) is 5.12. The minimum absolute atomic E-state index is 0.551. The van der Waals surface area contributed by atoms with Crippen LogP contribution < -0.4 is 10.2 Å². The molecular weight excluding hydrogens is 336 g/mol. The third-order valence-corrected chi connectivity index (χ3v) is 5.16. The number of rotatable bonds is 6. The second kappa shape index (κ2) is 8.25. The molecule has 0 aliphatic carbocycles. The van der Waals surface area contributed by atoms with Crippen LogP contribution in [0.4, 0.5) is 11.6 Å². The Balaban J connectivity index is 1.67. The summed E-state index contributed by atoms with van der Waals surface area (Å²) in [6.45, 7) is 3.93. The summed E-state index contributed by atoms with van der Waals surface area (Å²) in [4.78, 5) is 12.1. The first-order valence-corrected chi connectivity index (χ1v) is 9.81. The van der Waals surface area contributed by atoms with Gasteiger partial charge in [0.05, 0.1) is 12.8 Å². The van der Waals surface area contributed by atoms with Crippen molar-refractivity contribution in [1.29, 1.82) is 0 Å². The van der Waals surface area contributed by atoms with Crippen molar-refractivity contribution in [3.63, 3.8) is 0 Å². The summed E-state index contributed by atoms with van der Waals surface area (Å²) in [6, 6.07) is 16.7. The monoisotopic (exact) mass is 362 g/mol. The molecule has 0 saturated carbocycles. The normalized spacial score (nSPS) is 17.1. The number of piperidine rings is 1. The lowest BCUT2D eigenvalue weighted by Crippen LogP contribution is -2.39. The molecule has 0 bridgehead atoms. The summed E-state index contributed by atoms with van der Waals surface area (Å²) >= 11 is 0. The van der Waals surface area contributed by atoms with Gasteiger partial charge in [-0.15, -0.1) is 0 Å². The lowest BCUT2D eigenvalue weighted by atomic mass is 10.00. The van der Waals surface area contributed by atoms with E-state index in [0.717, 1.165) is 41.7 Å². The Morgan fingerprint density at radius 2 is 2.00 bits per heavy atom. The molecule has 0 radical (unpaired) electrons. The maximum atomic E-state index is 5.43. The molecule has 1 atom stereocenters. The standard InChI is InChI=1S/C22H26N4O/c1-2-18-11-6-7-13-26(18)21-15-20(23-16-19-12-8-14-27-19)24-22(25-21)17-9-4-3-5-10-17/h3-5,8-10,12,14-15,18H,2,6-7,11,13,16H2,1H3,(H,23,24,25). The van der Waals surface area contributed by atoms with Gasteiger partial charge in [0.2, 0.25) is 0 Å². The third-order valence-electron chi connectivity index (χ3n) is 5.16. The van der Waals surface area contributed by atoms with Gasteiger partial charge in [0.25, 0.3) is 0 Å². The zero-order valence-electron chi connectivity index (χ0n) is 15.8. The van der Waals surface area contributed by atoms with Gasteiger partial charge < -0.3 is 14.6 Å². The number of hydrogen-bond donors (Lipinski definition) is 1. The van der Waals surface area contributed by atoms with Crippen molar-refractivity contribution in [2.24, 2.45) is 0 Å². The molecule has 5 nitrogen and oxygen atoms in total. The van der Waals surface area contributed by atoms with Crippen LogP contribution in [0.1, 0.15) is 38.4 Å². The quantitative estimate of drug-likeness (QED) is 0.660. The van der Waals surface area contributed by atoms with Crippen LogP contribution in [0.15, 0.2) is 59.2 Å². The Hall–Kier alpha value is -2.82. The van der Waals surface area contributed by atoms with Crippen LogP contribution in [0.25, 0.3) is 11.4 Å². The van der Waals surface area contributed by atoms with Crippen LogP contribution >= 0.6 is 0 Å². The van der Waals surface area contributed by atoms with E-state index in [9.17, 15) is 0 Å². The Bertz CT molecular complexity index is 848. The summed E-state index contributed by atoms with van der Waals surface area (Å²) < 4.78 is 5.43. The average molecular weight is 362 g/mol. The molecule has 3 heterocycles. The molecule has 1 aliphatic heterocycles. The lowest BCUT2D eigenvalue weighted by molar-refractivity contribution is 0.447. The number of furan rings is 1. The van der Waals surface area contributed by atoms with Gasteiger partial charge in [0, 0.05) is 24.2 Å². The highest BCUT2D eigenvalue weighted by Crippen LogP contribution is 2.29. The fourth-order valence-electron chi connectivity index (χ4n) is 3.71. The molecule has 1 saturated heterocycles. The molecule has 5 heteroatoms. The van der Waals surface area contributed by atoms with E-state index in [1.807, 2.05) is 30.3 Å². The highest BCUT2D eigenvalue weighted by atomic mass is 16.3. The van der Waals surface area contributed by atoms with Crippen LogP contribution in [-0.2, 0) is 6.54 Å². The molecule has 1 unspecified atom stereocenters. The Morgan fingerprint density at radius 3 is 2.78 bits per heavy atom. The first-order chi connectivity index (χ1) is 13.3. The van der Waals surface area contributed by atoms with Gasteiger partial charge in [-0.1, -0.05) is 37.3 Å². The van der Waals surface area contributed by atoms with Crippen molar-refractivity contribution in [2.45, 2.75) is 45.2 Å². The van der Waals surface area contributed by atoms with E-state index in [1.54, 1.807) is 6.26 Å². The minimum atomic E-state index is 0.551. The van der Waals surface area contributed by atoms with Gasteiger partial charge in [-0.05, 0) is 37.8 Å². The van der Waals surface area contributed by atoms with Crippen molar-refractivity contribution in [2.75, 3.05) is 16.8 Å².